The van der Waals surface area contributed by atoms with Crippen molar-refractivity contribution in [1.29, 1.82) is 0 Å². The van der Waals surface area contributed by atoms with Gasteiger partial charge in [-0.25, -0.2) is 0 Å². The third-order valence-electron chi connectivity index (χ3n) is 6.06. The van der Waals surface area contributed by atoms with Gasteiger partial charge in [-0.1, -0.05) is 30.3 Å². The van der Waals surface area contributed by atoms with Crippen molar-refractivity contribution in [2.45, 2.75) is 43.3 Å². The largest absolute Gasteiger partial charge is 0.481 e. The third kappa shape index (κ3) is 2.55. The number of carbonyl (C=O) groups is 2. The van der Waals surface area contributed by atoms with E-state index in [0.717, 1.165) is 5.56 Å². The highest BCUT2D eigenvalue weighted by Crippen LogP contribution is 2.69. The van der Waals surface area contributed by atoms with E-state index in [0.29, 0.717) is 51.9 Å². The highest BCUT2D eigenvalue weighted by molar-refractivity contribution is 5.81. The first-order valence-electron chi connectivity index (χ1n) is 8.81. The Balaban J connectivity index is 1.41. The maximum Gasteiger partial charge on any atom is 0.312 e. The van der Waals surface area contributed by atoms with Crippen molar-refractivity contribution in [3.05, 3.63) is 35.9 Å². The van der Waals surface area contributed by atoms with E-state index in [2.05, 4.69) is 5.32 Å². The lowest BCUT2D eigenvalue weighted by molar-refractivity contribution is -0.164. The van der Waals surface area contributed by atoms with Gasteiger partial charge in [0, 0.05) is 32.6 Å². The van der Waals surface area contributed by atoms with Gasteiger partial charge in [0.2, 0.25) is 5.91 Å². The quantitative estimate of drug-likeness (QED) is 0.845. The number of amides is 1. The van der Waals surface area contributed by atoms with Crippen molar-refractivity contribution in [3.8, 4) is 0 Å². The molecule has 3 saturated heterocycles. The summed E-state index contributed by atoms with van der Waals surface area (Å²) in [5.41, 5.74) is -1.04. The standard InChI is InChI=1S/C19H23NO5/c21-15(10-14-4-2-1-3-5-14)20-13-17-11-18(12-17,16(22)23)19(25-17)6-8-24-9-7-19/h1-5H,6-13H2,(H,20,21)(H,22,23). The number of rotatable bonds is 5. The van der Waals surface area contributed by atoms with Crippen LogP contribution in [0.4, 0.5) is 0 Å². The minimum Gasteiger partial charge on any atom is -0.481 e. The Labute approximate surface area is 146 Å². The van der Waals surface area contributed by atoms with Gasteiger partial charge >= 0.3 is 5.97 Å². The van der Waals surface area contributed by atoms with Crippen LogP contribution in [0.15, 0.2) is 30.3 Å². The first-order chi connectivity index (χ1) is 12.0. The van der Waals surface area contributed by atoms with E-state index in [-0.39, 0.29) is 5.91 Å². The molecule has 134 valence electrons. The molecule has 2 bridgehead atoms. The molecule has 6 nitrogen and oxygen atoms in total. The van der Waals surface area contributed by atoms with Crippen LogP contribution in [-0.4, -0.2) is 47.9 Å². The second-order valence-electron chi connectivity index (χ2n) is 7.57. The fourth-order valence-corrected chi connectivity index (χ4v) is 4.85. The maximum atomic E-state index is 12.2. The zero-order chi connectivity index (χ0) is 17.5. The number of aliphatic carboxylic acids is 1. The third-order valence-corrected chi connectivity index (χ3v) is 6.06. The van der Waals surface area contributed by atoms with Crippen LogP contribution in [0.5, 0.6) is 0 Å². The second kappa shape index (κ2) is 5.81. The monoisotopic (exact) mass is 345 g/mol. The lowest BCUT2D eigenvalue weighted by Crippen LogP contribution is -2.58. The molecule has 4 aliphatic rings. The lowest BCUT2D eigenvalue weighted by Gasteiger charge is -2.45. The predicted molar refractivity (Wildman–Crippen MR) is 89.1 cm³/mol. The minimum atomic E-state index is -0.819. The van der Waals surface area contributed by atoms with Gasteiger partial charge in [-0.05, 0) is 18.4 Å². The molecule has 0 aromatic heterocycles. The van der Waals surface area contributed by atoms with Gasteiger partial charge in [-0.3, -0.25) is 9.59 Å². The molecule has 1 spiro atoms. The van der Waals surface area contributed by atoms with E-state index < -0.39 is 22.6 Å². The van der Waals surface area contributed by atoms with Crippen molar-refractivity contribution in [2.75, 3.05) is 19.8 Å². The van der Waals surface area contributed by atoms with E-state index >= 15 is 0 Å². The summed E-state index contributed by atoms with van der Waals surface area (Å²) < 4.78 is 11.7. The van der Waals surface area contributed by atoms with Gasteiger partial charge in [0.15, 0.2) is 0 Å². The molecule has 6 heteroatoms. The fraction of sp³-hybridized carbons (Fsp3) is 0.579. The molecule has 3 aliphatic heterocycles. The van der Waals surface area contributed by atoms with Crippen LogP contribution < -0.4 is 5.32 Å². The van der Waals surface area contributed by atoms with Gasteiger partial charge in [0.05, 0.1) is 17.6 Å². The van der Waals surface area contributed by atoms with Crippen molar-refractivity contribution >= 4 is 11.9 Å². The molecule has 0 atom stereocenters. The average molecular weight is 345 g/mol. The van der Waals surface area contributed by atoms with Gasteiger partial charge in [-0.2, -0.15) is 0 Å². The molecule has 1 aliphatic carbocycles. The topological polar surface area (TPSA) is 84.9 Å². The van der Waals surface area contributed by atoms with Crippen LogP contribution in [0.1, 0.15) is 31.2 Å². The SMILES string of the molecule is O=C(Cc1ccccc1)NCC12CC(C(=O)O)(C1)C1(CCOCC1)O2. The number of nitrogens with one attached hydrogen (secondary N) is 1. The number of carboxylic acid groups (broad SMARTS) is 1. The highest BCUT2D eigenvalue weighted by atomic mass is 16.6. The molecule has 0 unspecified atom stereocenters. The van der Waals surface area contributed by atoms with Crippen LogP contribution in [0.3, 0.4) is 0 Å². The Kier molecular flexibility index (Phi) is 3.85. The van der Waals surface area contributed by atoms with Crippen molar-refractivity contribution < 1.29 is 24.2 Å². The number of hydrogen-bond donors (Lipinski definition) is 2. The molecule has 1 saturated carbocycles. The second-order valence-corrected chi connectivity index (χ2v) is 7.57. The maximum absolute atomic E-state index is 12.2. The summed E-state index contributed by atoms with van der Waals surface area (Å²) in [6, 6.07) is 9.56. The van der Waals surface area contributed by atoms with E-state index in [9.17, 15) is 14.7 Å². The van der Waals surface area contributed by atoms with Gasteiger partial charge in [0.1, 0.15) is 5.41 Å². The Morgan fingerprint density at radius 1 is 1.12 bits per heavy atom. The molecule has 4 fully saturated rings. The number of carbonyl (C=O) groups excluding carboxylic acids is 1. The summed E-state index contributed by atoms with van der Waals surface area (Å²) in [4.78, 5) is 24.2. The molecular weight excluding hydrogens is 322 g/mol. The smallest absolute Gasteiger partial charge is 0.312 e. The molecule has 1 amide bonds. The average Bonchev–Trinajstić information content (AvgIpc) is 2.99. The number of hydrogen-bond acceptors (Lipinski definition) is 4. The summed E-state index contributed by atoms with van der Waals surface area (Å²) in [6.07, 6.45) is 2.49. The molecule has 3 heterocycles. The van der Waals surface area contributed by atoms with Crippen LogP contribution in [0, 0.1) is 5.41 Å². The van der Waals surface area contributed by atoms with Gasteiger partial charge in [-0.15, -0.1) is 0 Å². The Morgan fingerprint density at radius 2 is 1.80 bits per heavy atom. The summed E-state index contributed by atoms with van der Waals surface area (Å²) in [5.74, 6) is -0.844. The highest BCUT2D eigenvalue weighted by Gasteiger charge is 2.78. The zero-order valence-corrected chi connectivity index (χ0v) is 14.1. The normalized spacial score (nSPS) is 32.2. The Morgan fingerprint density at radius 3 is 2.44 bits per heavy atom. The van der Waals surface area contributed by atoms with Gasteiger partial charge in [0.25, 0.3) is 0 Å². The molecule has 2 N–H and O–H groups in total. The molecule has 5 rings (SSSR count). The van der Waals surface area contributed by atoms with Crippen molar-refractivity contribution in [2.24, 2.45) is 5.41 Å². The molecular formula is C19H23NO5. The fourth-order valence-electron chi connectivity index (χ4n) is 4.85. The number of carboxylic acids is 1. The van der Waals surface area contributed by atoms with Crippen LogP contribution in [0.2, 0.25) is 0 Å². The number of benzene rings is 1. The number of ether oxygens (including phenoxy) is 2. The summed E-state index contributed by atoms with van der Waals surface area (Å²) in [5, 5.41) is 12.7. The van der Waals surface area contributed by atoms with E-state index in [1.165, 1.54) is 0 Å². The van der Waals surface area contributed by atoms with E-state index in [4.69, 9.17) is 9.47 Å². The van der Waals surface area contributed by atoms with Crippen molar-refractivity contribution in [3.63, 3.8) is 0 Å². The Hall–Kier alpha value is -1.92. The molecule has 25 heavy (non-hydrogen) atoms. The zero-order valence-electron chi connectivity index (χ0n) is 14.1. The van der Waals surface area contributed by atoms with Crippen molar-refractivity contribution in [1.82, 2.24) is 5.32 Å². The lowest BCUT2D eigenvalue weighted by atomic mass is 9.54. The van der Waals surface area contributed by atoms with E-state index in [1.54, 1.807) is 0 Å². The molecule has 1 aromatic rings. The van der Waals surface area contributed by atoms with Gasteiger partial charge < -0.3 is 19.9 Å². The minimum absolute atomic E-state index is 0.0649. The summed E-state index contributed by atoms with van der Waals surface area (Å²) >= 11 is 0. The summed E-state index contributed by atoms with van der Waals surface area (Å²) in [6.45, 7) is 1.44. The van der Waals surface area contributed by atoms with Crippen LogP contribution in [-0.2, 0) is 25.5 Å². The van der Waals surface area contributed by atoms with E-state index in [1.807, 2.05) is 30.3 Å². The van der Waals surface area contributed by atoms with Crippen LogP contribution in [0.25, 0.3) is 0 Å². The molecule has 0 radical (unpaired) electrons. The van der Waals surface area contributed by atoms with Crippen LogP contribution >= 0.6 is 0 Å². The Bertz CT molecular complexity index is 674. The summed E-state index contributed by atoms with van der Waals surface area (Å²) in [7, 11) is 0. The first kappa shape index (κ1) is 16.5. The predicted octanol–water partition coefficient (Wildman–Crippen LogP) is 1.53. The molecule has 1 aromatic carbocycles. The first-order valence-corrected chi connectivity index (χ1v) is 8.81.